The van der Waals surface area contributed by atoms with E-state index in [1.54, 1.807) is 35.2 Å². The summed E-state index contributed by atoms with van der Waals surface area (Å²) in [6.45, 7) is 3.44. The quantitative estimate of drug-likeness (QED) is 0.884. The first-order valence-electron chi connectivity index (χ1n) is 7.06. The summed E-state index contributed by atoms with van der Waals surface area (Å²) < 4.78 is 5.51. The maximum absolute atomic E-state index is 12.2. The number of amides is 2. The Bertz CT molecular complexity index is 492. The van der Waals surface area contributed by atoms with E-state index in [-0.39, 0.29) is 12.1 Å². The van der Waals surface area contributed by atoms with E-state index in [2.05, 4.69) is 5.32 Å². The van der Waals surface area contributed by atoms with Crippen molar-refractivity contribution in [2.45, 2.75) is 25.5 Å². The van der Waals surface area contributed by atoms with Gasteiger partial charge in [-0.15, -0.1) is 0 Å². The van der Waals surface area contributed by atoms with Gasteiger partial charge in [0.2, 0.25) is 0 Å². The number of hydrogen-bond acceptors (Lipinski definition) is 3. The summed E-state index contributed by atoms with van der Waals surface area (Å²) in [5, 5.41) is 11.9. The van der Waals surface area contributed by atoms with Gasteiger partial charge in [0, 0.05) is 13.1 Å². The van der Waals surface area contributed by atoms with E-state index >= 15 is 0 Å². The van der Waals surface area contributed by atoms with Gasteiger partial charge >= 0.3 is 12.0 Å². The van der Waals surface area contributed by atoms with Crippen LogP contribution in [0.25, 0.3) is 0 Å². The average molecular weight is 292 g/mol. The highest BCUT2D eigenvalue weighted by molar-refractivity contribution is 5.83. The van der Waals surface area contributed by atoms with Gasteiger partial charge in [-0.2, -0.15) is 0 Å². The van der Waals surface area contributed by atoms with Gasteiger partial charge in [0.15, 0.2) is 6.04 Å². The first-order valence-corrected chi connectivity index (χ1v) is 7.06. The third-order valence-electron chi connectivity index (χ3n) is 3.53. The first-order chi connectivity index (χ1) is 10.1. The van der Waals surface area contributed by atoms with Crippen molar-refractivity contribution < 1.29 is 19.4 Å². The molecule has 2 N–H and O–H groups in total. The van der Waals surface area contributed by atoms with Crippen LogP contribution in [0.3, 0.4) is 0 Å². The van der Waals surface area contributed by atoms with Crippen LogP contribution in [0.2, 0.25) is 0 Å². The second kappa shape index (κ2) is 7.08. The molecule has 1 aliphatic rings. The standard InChI is InChI=1S/C15H20N2O4/c1-2-12-10-17(8-9-21-12)15(20)16-13(14(18)19)11-6-4-3-5-7-11/h3-7,12-13H,2,8-10H2,1H3,(H,16,20)(H,18,19)/t12?,13-/m0/s1. The lowest BCUT2D eigenvalue weighted by Gasteiger charge is -2.33. The number of carboxylic acid groups (broad SMARTS) is 1. The topological polar surface area (TPSA) is 78.9 Å². The van der Waals surface area contributed by atoms with Crippen LogP contribution in [0, 0.1) is 0 Å². The molecule has 0 radical (unpaired) electrons. The molecular weight excluding hydrogens is 272 g/mol. The number of rotatable bonds is 4. The number of hydrogen-bond donors (Lipinski definition) is 2. The number of aliphatic carboxylic acids is 1. The SMILES string of the molecule is CCC1CN(C(=O)N[C@H](C(=O)O)c2ccccc2)CCO1. The van der Waals surface area contributed by atoms with Crippen LogP contribution in [-0.2, 0) is 9.53 Å². The Balaban J connectivity index is 2.03. The van der Waals surface area contributed by atoms with E-state index in [1.165, 1.54) is 0 Å². The zero-order valence-electron chi connectivity index (χ0n) is 12.0. The number of carbonyl (C=O) groups is 2. The second-order valence-corrected chi connectivity index (χ2v) is 4.98. The summed E-state index contributed by atoms with van der Waals surface area (Å²) >= 11 is 0. The molecule has 114 valence electrons. The van der Waals surface area contributed by atoms with Gasteiger partial charge in [0.05, 0.1) is 12.7 Å². The highest BCUT2D eigenvalue weighted by Gasteiger charge is 2.27. The molecule has 1 heterocycles. The molecule has 1 aromatic carbocycles. The Morgan fingerprint density at radius 2 is 2.14 bits per heavy atom. The minimum atomic E-state index is -1.07. The number of benzene rings is 1. The molecule has 0 bridgehead atoms. The van der Waals surface area contributed by atoms with E-state index in [9.17, 15) is 14.7 Å². The molecule has 21 heavy (non-hydrogen) atoms. The predicted molar refractivity (Wildman–Crippen MR) is 77.0 cm³/mol. The second-order valence-electron chi connectivity index (χ2n) is 4.98. The maximum Gasteiger partial charge on any atom is 0.330 e. The molecule has 2 rings (SSSR count). The van der Waals surface area contributed by atoms with Crippen LogP contribution >= 0.6 is 0 Å². The zero-order chi connectivity index (χ0) is 15.2. The van der Waals surface area contributed by atoms with Crippen LogP contribution in [0.1, 0.15) is 24.9 Å². The minimum absolute atomic E-state index is 0.0181. The van der Waals surface area contributed by atoms with Crippen LogP contribution in [0.4, 0.5) is 4.79 Å². The summed E-state index contributed by atoms with van der Waals surface area (Å²) in [6.07, 6.45) is 0.842. The molecule has 0 saturated carbocycles. The third-order valence-corrected chi connectivity index (χ3v) is 3.53. The zero-order valence-corrected chi connectivity index (χ0v) is 12.0. The van der Waals surface area contributed by atoms with Crippen LogP contribution in [0.15, 0.2) is 30.3 Å². The van der Waals surface area contributed by atoms with Crippen LogP contribution < -0.4 is 5.32 Å². The number of urea groups is 1. The van der Waals surface area contributed by atoms with Crippen molar-refractivity contribution in [3.05, 3.63) is 35.9 Å². The fourth-order valence-electron chi connectivity index (χ4n) is 2.30. The summed E-state index contributed by atoms with van der Waals surface area (Å²) in [5.41, 5.74) is 0.554. The average Bonchev–Trinajstić information content (AvgIpc) is 2.53. The molecule has 1 unspecified atom stereocenters. The third kappa shape index (κ3) is 3.95. The first kappa shape index (κ1) is 15.3. The Hall–Kier alpha value is -2.08. The van der Waals surface area contributed by atoms with Gasteiger partial charge in [-0.3, -0.25) is 0 Å². The fourth-order valence-corrected chi connectivity index (χ4v) is 2.30. The number of nitrogens with zero attached hydrogens (tertiary/aromatic N) is 1. The van der Waals surface area contributed by atoms with Crippen molar-refractivity contribution in [2.75, 3.05) is 19.7 Å². The van der Waals surface area contributed by atoms with E-state index < -0.39 is 12.0 Å². The Labute approximate surface area is 123 Å². The molecule has 2 atom stereocenters. The Morgan fingerprint density at radius 3 is 2.76 bits per heavy atom. The van der Waals surface area contributed by atoms with E-state index in [0.29, 0.717) is 25.3 Å². The molecule has 0 spiro atoms. The van der Waals surface area contributed by atoms with Gasteiger partial charge < -0.3 is 20.1 Å². The van der Waals surface area contributed by atoms with E-state index in [0.717, 1.165) is 6.42 Å². The van der Waals surface area contributed by atoms with Gasteiger partial charge in [0.25, 0.3) is 0 Å². The van der Waals surface area contributed by atoms with Crippen molar-refractivity contribution in [1.82, 2.24) is 10.2 Å². The van der Waals surface area contributed by atoms with Gasteiger partial charge in [0.1, 0.15) is 0 Å². The lowest BCUT2D eigenvalue weighted by atomic mass is 10.1. The molecule has 1 saturated heterocycles. The fraction of sp³-hybridized carbons (Fsp3) is 0.467. The van der Waals surface area contributed by atoms with Crippen molar-refractivity contribution in [3.8, 4) is 0 Å². The van der Waals surface area contributed by atoms with Gasteiger partial charge in [-0.05, 0) is 12.0 Å². The summed E-state index contributed by atoms with van der Waals surface area (Å²) in [7, 11) is 0. The summed E-state index contributed by atoms with van der Waals surface area (Å²) in [4.78, 5) is 25.2. The van der Waals surface area contributed by atoms with Crippen LogP contribution in [0.5, 0.6) is 0 Å². The molecule has 6 heteroatoms. The summed E-state index contributed by atoms with van der Waals surface area (Å²) in [6, 6.07) is 7.27. The van der Waals surface area contributed by atoms with Crippen molar-refractivity contribution in [3.63, 3.8) is 0 Å². The molecule has 0 aromatic heterocycles. The minimum Gasteiger partial charge on any atom is -0.479 e. The highest BCUT2D eigenvalue weighted by Crippen LogP contribution is 2.14. The molecule has 1 aromatic rings. The molecule has 0 aliphatic carbocycles. The summed E-state index contributed by atoms with van der Waals surface area (Å²) in [5.74, 6) is -1.07. The number of carboxylic acids is 1. The molecule has 6 nitrogen and oxygen atoms in total. The predicted octanol–water partition coefficient (Wildman–Crippen LogP) is 1.63. The van der Waals surface area contributed by atoms with Gasteiger partial charge in [-0.25, -0.2) is 9.59 Å². The molecular formula is C15H20N2O4. The normalized spacial score (nSPS) is 19.9. The smallest absolute Gasteiger partial charge is 0.330 e. The molecule has 1 fully saturated rings. The lowest BCUT2D eigenvalue weighted by molar-refractivity contribution is -0.139. The van der Waals surface area contributed by atoms with Crippen LogP contribution in [-0.4, -0.2) is 47.8 Å². The van der Waals surface area contributed by atoms with E-state index in [1.807, 2.05) is 6.92 Å². The van der Waals surface area contributed by atoms with Crippen molar-refractivity contribution >= 4 is 12.0 Å². The maximum atomic E-state index is 12.2. The van der Waals surface area contributed by atoms with Crippen molar-refractivity contribution in [1.29, 1.82) is 0 Å². The monoisotopic (exact) mass is 292 g/mol. The van der Waals surface area contributed by atoms with E-state index in [4.69, 9.17) is 4.74 Å². The Kier molecular flexibility index (Phi) is 5.16. The largest absolute Gasteiger partial charge is 0.479 e. The number of ether oxygens (including phenoxy) is 1. The highest BCUT2D eigenvalue weighted by atomic mass is 16.5. The van der Waals surface area contributed by atoms with Gasteiger partial charge in [-0.1, -0.05) is 37.3 Å². The lowest BCUT2D eigenvalue weighted by Crippen LogP contribution is -2.51. The number of nitrogens with one attached hydrogen (secondary N) is 1. The Morgan fingerprint density at radius 1 is 1.43 bits per heavy atom. The van der Waals surface area contributed by atoms with Crippen molar-refractivity contribution in [2.24, 2.45) is 0 Å². The molecule has 2 amide bonds. The molecule has 1 aliphatic heterocycles. The number of carbonyl (C=O) groups excluding carboxylic acids is 1. The number of morpholine rings is 1.